The van der Waals surface area contributed by atoms with Crippen molar-refractivity contribution in [1.82, 2.24) is 9.55 Å². The van der Waals surface area contributed by atoms with Crippen molar-refractivity contribution in [2.24, 2.45) is 0 Å². The van der Waals surface area contributed by atoms with Crippen LogP contribution >= 0.6 is 0 Å². The van der Waals surface area contributed by atoms with Crippen LogP contribution in [0.4, 0.5) is 4.39 Å². The Bertz CT molecular complexity index is 327. The highest BCUT2D eigenvalue weighted by atomic mass is 19.1. The first kappa shape index (κ1) is 10.0. The van der Waals surface area contributed by atoms with Gasteiger partial charge < -0.3 is 4.98 Å². The molecule has 0 amide bonds. The number of hydrogen-bond donors (Lipinski definition) is 1. The molecule has 0 aliphatic heterocycles. The van der Waals surface area contributed by atoms with Crippen molar-refractivity contribution >= 4 is 0 Å². The molecule has 0 spiro atoms. The summed E-state index contributed by atoms with van der Waals surface area (Å²) in [7, 11) is 0. The van der Waals surface area contributed by atoms with Crippen molar-refractivity contribution in [3.63, 3.8) is 0 Å². The molecule has 1 aromatic rings. The van der Waals surface area contributed by atoms with Gasteiger partial charge in [-0.25, -0.2) is 9.18 Å². The normalized spacial score (nSPS) is 10.7. The van der Waals surface area contributed by atoms with E-state index in [1.54, 1.807) is 0 Å². The molecule has 3 nitrogen and oxygen atoms in total. The number of aromatic nitrogens is 2. The summed E-state index contributed by atoms with van der Waals surface area (Å²) in [6.07, 6.45) is 1.56. The quantitative estimate of drug-likeness (QED) is 0.755. The first-order valence-corrected chi connectivity index (χ1v) is 4.61. The van der Waals surface area contributed by atoms with E-state index in [0.29, 0.717) is 0 Å². The van der Waals surface area contributed by atoms with Gasteiger partial charge in [0, 0.05) is 11.4 Å². The summed E-state index contributed by atoms with van der Waals surface area (Å²) in [6, 6.07) is 0. The number of aromatic amines is 1. The molecule has 1 heterocycles. The molecule has 0 saturated heterocycles. The van der Waals surface area contributed by atoms with Gasteiger partial charge >= 0.3 is 5.69 Å². The van der Waals surface area contributed by atoms with Crippen molar-refractivity contribution in [2.45, 2.75) is 33.2 Å². The van der Waals surface area contributed by atoms with E-state index in [4.69, 9.17) is 0 Å². The van der Waals surface area contributed by atoms with Crippen LogP contribution in [0, 0.1) is 0 Å². The van der Waals surface area contributed by atoms with Gasteiger partial charge in [0.05, 0.1) is 6.54 Å². The molecule has 0 unspecified atom stereocenters. The molecule has 1 aromatic heterocycles. The predicted octanol–water partition coefficient (Wildman–Crippen LogP) is 1.27. The van der Waals surface area contributed by atoms with Crippen LogP contribution in [-0.2, 0) is 19.4 Å². The third-order valence-electron chi connectivity index (χ3n) is 2.17. The molecule has 0 radical (unpaired) electrons. The van der Waals surface area contributed by atoms with Gasteiger partial charge in [0.25, 0.3) is 0 Å². The second kappa shape index (κ2) is 4.25. The minimum atomic E-state index is -0.492. The average Bonchev–Trinajstić information content (AvgIpc) is 2.44. The van der Waals surface area contributed by atoms with Crippen LogP contribution < -0.4 is 5.69 Å². The highest BCUT2D eigenvalue weighted by Gasteiger charge is 2.09. The molecule has 74 valence electrons. The number of imidazole rings is 1. The standard InChI is InChI=1S/C9H15FN2O/c1-3-7-8(4-2)12(6-5-10)9(13)11-7/h3-6H2,1-2H3,(H,11,13). The Hall–Kier alpha value is -1.06. The molecular formula is C9H15FN2O. The minimum Gasteiger partial charge on any atom is -0.310 e. The fourth-order valence-corrected chi connectivity index (χ4v) is 1.57. The number of rotatable bonds is 4. The molecule has 4 heteroatoms. The number of H-pyrrole nitrogens is 1. The van der Waals surface area contributed by atoms with Gasteiger partial charge in [0.15, 0.2) is 0 Å². The molecule has 0 aliphatic rings. The van der Waals surface area contributed by atoms with Crippen LogP contribution in [-0.4, -0.2) is 16.2 Å². The largest absolute Gasteiger partial charge is 0.326 e. The Morgan fingerprint density at radius 3 is 2.54 bits per heavy atom. The van der Waals surface area contributed by atoms with Crippen molar-refractivity contribution in [2.75, 3.05) is 6.67 Å². The number of halogens is 1. The van der Waals surface area contributed by atoms with E-state index in [2.05, 4.69) is 4.98 Å². The lowest BCUT2D eigenvalue weighted by molar-refractivity contribution is 0.435. The Morgan fingerprint density at radius 1 is 1.38 bits per heavy atom. The maximum Gasteiger partial charge on any atom is 0.326 e. The van der Waals surface area contributed by atoms with Crippen LogP contribution in [0.1, 0.15) is 25.2 Å². The van der Waals surface area contributed by atoms with Gasteiger partial charge in [-0.1, -0.05) is 13.8 Å². The Balaban J connectivity index is 3.15. The number of nitrogens with one attached hydrogen (secondary N) is 1. The molecule has 1 N–H and O–H groups in total. The van der Waals surface area contributed by atoms with Gasteiger partial charge in [-0.2, -0.15) is 0 Å². The molecule has 0 saturated carbocycles. The first-order valence-electron chi connectivity index (χ1n) is 4.61. The Kier molecular flexibility index (Phi) is 3.28. The summed E-state index contributed by atoms with van der Waals surface area (Å²) in [5.74, 6) is 0. The van der Waals surface area contributed by atoms with E-state index in [9.17, 15) is 9.18 Å². The fraction of sp³-hybridized carbons (Fsp3) is 0.667. The second-order valence-electron chi connectivity index (χ2n) is 2.90. The van der Waals surface area contributed by atoms with Crippen molar-refractivity contribution in [1.29, 1.82) is 0 Å². The Labute approximate surface area is 76.6 Å². The smallest absolute Gasteiger partial charge is 0.310 e. The summed E-state index contributed by atoms with van der Waals surface area (Å²) < 4.78 is 13.6. The lowest BCUT2D eigenvalue weighted by Crippen LogP contribution is -2.19. The van der Waals surface area contributed by atoms with E-state index >= 15 is 0 Å². The number of aryl methyl sites for hydroxylation is 1. The van der Waals surface area contributed by atoms with Crippen molar-refractivity contribution < 1.29 is 4.39 Å². The highest BCUT2D eigenvalue weighted by molar-refractivity contribution is 5.13. The summed E-state index contributed by atoms with van der Waals surface area (Å²) in [4.78, 5) is 14.0. The highest BCUT2D eigenvalue weighted by Crippen LogP contribution is 2.05. The van der Waals surface area contributed by atoms with Crippen LogP contribution in [0.15, 0.2) is 4.79 Å². The van der Waals surface area contributed by atoms with Crippen molar-refractivity contribution in [3.8, 4) is 0 Å². The zero-order chi connectivity index (χ0) is 9.84. The molecule has 0 aliphatic carbocycles. The van der Waals surface area contributed by atoms with Gasteiger partial charge in [0.2, 0.25) is 0 Å². The van der Waals surface area contributed by atoms with E-state index in [0.717, 1.165) is 24.2 Å². The SMILES string of the molecule is CCc1[nH]c(=O)n(CCF)c1CC. The van der Waals surface area contributed by atoms with Gasteiger partial charge in [-0.05, 0) is 12.8 Å². The molecule has 0 aromatic carbocycles. The Morgan fingerprint density at radius 2 is 2.08 bits per heavy atom. The molecule has 0 atom stereocenters. The van der Waals surface area contributed by atoms with Gasteiger partial charge in [-0.15, -0.1) is 0 Å². The second-order valence-corrected chi connectivity index (χ2v) is 2.90. The van der Waals surface area contributed by atoms with E-state index in [-0.39, 0.29) is 12.2 Å². The fourth-order valence-electron chi connectivity index (χ4n) is 1.57. The number of nitrogens with zero attached hydrogens (tertiary/aromatic N) is 1. The summed E-state index contributed by atoms with van der Waals surface area (Å²) in [6.45, 7) is 3.62. The molecular weight excluding hydrogens is 171 g/mol. The van der Waals surface area contributed by atoms with Gasteiger partial charge in [0.1, 0.15) is 6.67 Å². The van der Waals surface area contributed by atoms with Crippen LogP contribution in [0.3, 0.4) is 0 Å². The third kappa shape index (κ3) is 1.82. The summed E-state index contributed by atoms with van der Waals surface area (Å²) >= 11 is 0. The minimum absolute atomic E-state index is 0.165. The van der Waals surface area contributed by atoms with Gasteiger partial charge in [-0.3, -0.25) is 4.57 Å². The molecule has 0 bridgehead atoms. The topological polar surface area (TPSA) is 37.8 Å². The van der Waals surface area contributed by atoms with E-state index in [1.165, 1.54) is 4.57 Å². The lowest BCUT2D eigenvalue weighted by atomic mass is 10.2. The van der Waals surface area contributed by atoms with Crippen LogP contribution in [0.2, 0.25) is 0 Å². The zero-order valence-electron chi connectivity index (χ0n) is 8.06. The maximum absolute atomic E-state index is 12.1. The van der Waals surface area contributed by atoms with Crippen LogP contribution in [0.5, 0.6) is 0 Å². The maximum atomic E-state index is 12.1. The summed E-state index contributed by atoms with van der Waals surface area (Å²) in [5, 5.41) is 0. The van der Waals surface area contributed by atoms with E-state index < -0.39 is 6.67 Å². The summed E-state index contributed by atoms with van der Waals surface area (Å²) in [5.41, 5.74) is 1.68. The number of alkyl halides is 1. The first-order chi connectivity index (χ1) is 6.24. The molecule has 0 fully saturated rings. The van der Waals surface area contributed by atoms with E-state index in [1.807, 2.05) is 13.8 Å². The monoisotopic (exact) mass is 186 g/mol. The zero-order valence-corrected chi connectivity index (χ0v) is 8.06. The predicted molar refractivity (Wildman–Crippen MR) is 49.8 cm³/mol. The van der Waals surface area contributed by atoms with Crippen LogP contribution in [0.25, 0.3) is 0 Å². The molecule has 13 heavy (non-hydrogen) atoms. The average molecular weight is 186 g/mol. The lowest BCUT2D eigenvalue weighted by Gasteiger charge is -2.03. The molecule has 1 rings (SSSR count). The third-order valence-corrected chi connectivity index (χ3v) is 2.17. The number of hydrogen-bond acceptors (Lipinski definition) is 1. The van der Waals surface area contributed by atoms with Crippen molar-refractivity contribution in [3.05, 3.63) is 21.9 Å².